The Morgan fingerprint density at radius 3 is 2.79 bits per heavy atom. The first kappa shape index (κ1) is 10.1. The van der Waals surface area contributed by atoms with Gasteiger partial charge in [-0.25, -0.2) is 0 Å². The van der Waals surface area contributed by atoms with Gasteiger partial charge in [0.2, 0.25) is 0 Å². The molecule has 0 saturated heterocycles. The highest BCUT2D eigenvalue weighted by atomic mass is 79.9. The van der Waals surface area contributed by atoms with Gasteiger partial charge in [0.1, 0.15) is 0 Å². The Labute approximate surface area is 93.0 Å². The van der Waals surface area contributed by atoms with E-state index in [1.807, 2.05) is 18.3 Å². The number of nitrogens with two attached hydrogens (primary N) is 1. The summed E-state index contributed by atoms with van der Waals surface area (Å²) in [6, 6.07) is 4.32. The van der Waals surface area contributed by atoms with Crippen LogP contribution in [0.3, 0.4) is 0 Å². The van der Waals surface area contributed by atoms with Crippen LogP contribution in [0.2, 0.25) is 0 Å². The first-order valence-electron chi connectivity index (χ1n) is 4.96. The Balaban J connectivity index is 2.00. The smallest absolute Gasteiger partial charge is 0.0420 e. The minimum Gasteiger partial charge on any atom is -0.327 e. The van der Waals surface area contributed by atoms with Gasteiger partial charge in [-0.05, 0) is 46.3 Å². The fourth-order valence-corrected chi connectivity index (χ4v) is 1.80. The molecule has 3 heteroatoms. The van der Waals surface area contributed by atoms with E-state index in [-0.39, 0.29) is 6.04 Å². The van der Waals surface area contributed by atoms with Crippen LogP contribution in [0.15, 0.2) is 22.8 Å². The zero-order valence-electron chi connectivity index (χ0n) is 8.33. The van der Waals surface area contributed by atoms with Crippen LogP contribution in [-0.2, 0) is 6.42 Å². The lowest BCUT2D eigenvalue weighted by molar-refractivity contribution is 0.430. The molecule has 0 aliphatic heterocycles. The van der Waals surface area contributed by atoms with Crippen molar-refractivity contribution in [1.82, 2.24) is 4.98 Å². The average molecular weight is 255 g/mol. The standard InChI is InChI=1S/C11H15BrN2/c1-11(4-5-11)10(13)6-9-3-2-8(12)7-14-9/h2-3,7,10H,4-6,13H2,1H3. The van der Waals surface area contributed by atoms with Crippen molar-refractivity contribution in [2.75, 3.05) is 0 Å². The normalized spacial score (nSPS) is 20.5. The maximum absolute atomic E-state index is 6.13. The van der Waals surface area contributed by atoms with Gasteiger partial charge >= 0.3 is 0 Å². The molecule has 1 aliphatic rings. The Kier molecular flexibility index (Phi) is 2.62. The van der Waals surface area contributed by atoms with Gasteiger partial charge in [0.05, 0.1) is 0 Å². The zero-order valence-corrected chi connectivity index (χ0v) is 9.92. The second-order valence-corrected chi connectivity index (χ2v) is 5.35. The third-order valence-electron chi connectivity index (χ3n) is 3.15. The highest BCUT2D eigenvalue weighted by Crippen LogP contribution is 2.47. The fourth-order valence-electron chi connectivity index (χ4n) is 1.57. The van der Waals surface area contributed by atoms with Crippen LogP contribution >= 0.6 is 15.9 Å². The predicted molar refractivity (Wildman–Crippen MR) is 61.0 cm³/mol. The highest BCUT2D eigenvalue weighted by molar-refractivity contribution is 9.10. The van der Waals surface area contributed by atoms with E-state index in [1.54, 1.807) is 0 Å². The quantitative estimate of drug-likeness (QED) is 0.901. The number of halogens is 1. The molecule has 2 rings (SSSR count). The first-order valence-corrected chi connectivity index (χ1v) is 5.75. The SMILES string of the molecule is CC1(C(N)Cc2ccc(Br)cn2)CC1. The summed E-state index contributed by atoms with van der Waals surface area (Å²) in [7, 11) is 0. The van der Waals surface area contributed by atoms with E-state index >= 15 is 0 Å². The molecule has 2 N–H and O–H groups in total. The lowest BCUT2D eigenvalue weighted by Gasteiger charge is -2.17. The Morgan fingerprint density at radius 2 is 2.29 bits per heavy atom. The van der Waals surface area contributed by atoms with Crippen molar-refractivity contribution in [3.63, 3.8) is 0 Å². The lowest BCUT2D eigenvalue weighted by atomic mass is 9.95. The van der Waals surface area contributed by atoms with Gasteiger partial charge in [0, 0.05) is 28.8 Å². The molecule has 1 aromatic rings. The number of hydrogen-bond donors (Lipinski definition) is 1. The van der Waals surface area contributed by atoms with Crippen molar-refractivity contribution in [3.05, 3.63) is 28.5 Å². The maximum atomic E-state index is 6.13. The molecule has 0 aromatic carbocycles. The summed E-state index contributed by atoms with van der Waals surface area (Å²) in [5.74, 6) is 0. The summed E-state index contributed by atoms with van der Waals surface area (Å²) < 4.78 is 1.02. The molecule has 0 radical (unpaired) electrons. The molecular weight excluding hydrogens is 240 g/mol. The van der Waals surface area contributed by atoms with E-state index in [1.165, 1.54) is 12.8 Å². The summed E-state index contributed by atoms with van der Waals surface area (Å²) in [6.07, 6.45) is 5.26. The molecule has 1 atom stereocenters. The van der Waals surface area contributed by atoms with Gasteiger partial charge < -0.3 is 5.73 Å². The second-order valence-electron chi connectivity index (χ2n) is 4.43. The first-order chi connectivity index (χ1) is 6.60. The predicted octanol–water partition coefficient (Wildman–Crippen LogP) is 2.51. The Hall–Kier alpha value is -0.410. The van der Waals surface area contributed by atoms with Crippen LogP contribution < -0.4 is 5.73 Å². The van der Waals surface area contributed by atoms with Crippen LogP contribution in [0.5, 0.6) is 0 Å². The number of pyridine rings is 1. The van der Waals surface area contributed by atoms with Crippen LogP contribution in [-0.4, -0.2) is 11.0 Å². The molecule has 1 saturated carbocycles. The van der Waals surface area contributed by atoms with Crippen LogP contribution in [0, 0.1) is 5.41 Å². The van der Waals surface area contributed by atoms with Gasteiger partial charge in [0.25, 0.3) is 0 Å². The topological polar surface area (TPSA) is 38.9 Å². The summed E-state index contributed by atoms with van der Waals surface area (Å²) in [5.41, 5.74) is 7.61. The van der Waals surface area contributed by atoms with Crippen LogP contribution in [0.4, 0.5) is 0 Å². The number of rotatable bonds is 3. The molecule has 2 nitrogen and oxygen atoms in total. The molecule has 1 aliphatic carbocycles. The monoisotopic (exact) mass is 254 g/mol. The van der Waals surface area contributed by atoms with Crippen LogP contribution in [0.1, 0.15) is 25.5 Å². The molecule has 14 heavy (non-hydrogen) atoms. The number of hydrogen-bond acceptors (Lipinski definition) is 2. The molecule has 1 unspecified atom stereocenters. The van der Waals surface area contributed by atoms with Gasteiger partial charge in [-0.15, -0.1) is 0 Å². The van der Waals surface area contributed by atoms with Crippen molar-refractivity contribution in [1.29, 1.82) is 0 Å². The zero-order chi connectivity index (χ0) is 10.2. The minimum absolute atomic E-state index is 0.260. The number of nitrogens with zero attached hydrogens (tertiary/aromatic N) is 1. The molecular formula is C11H15BrN2. The average Bonchev–Trinajstić information content (AvgIpc) is 2.89. The molecule has 0 bridgehead atoms. The third-order valence-corrected chi connectivity index (χ3v) is 3.62. The molecule has 0 amide bonds. The van der Waals surface area contributed by atoms with Crippen LogP contribution in [0.25, 0.3) is 0 Å². The summed E-state index contributed by atoms with van der Waals surface area (Å²) in [5, 5.41) is 0. The molecule has 1 fully saturated rings. The van der Waals surface area contributed by atoms with E-state index in [0.29, 0.717) is 5.41 Å². The van der Waals surface area contributed by atoms with Crippen molar-refractivity contribution >= 4 is 15.9 Å². The highest BCUT2D eigenvalue weighted by Gasteiger charge is 2.42. The molecule has 1 aromatic heterocycles. The Bertz CT molecular complexity index is 317. The van der Waals surface area contributed by atoms with Crippen molar-refractivity contribution < 1.29 is 0 Å². The van der Waals surface area contributed by atoms with E-state index in [9.17, 15) is 0 Å². The minimum atomic E-state index is 0.260. The largest absolute Gasteiger partial charge is 0.327 e. The molecule has 76 valence electrons. The second kappa shape index (κ2) is 3.63. The fraction of sp³-hybridized carbons (Fsp3) is 0.545. The van der Waals surface area contributed by atoms with Crippen molar-refractivity contribution in [2.45, 2.75) is 32.2 Å². The van der Waals surface area contributed by atoms with E-state index in [4.69, 9.17) is 5.73 Å². The van der Waals surface area contributed by atoms with Gasteiger partial charge in [0.15, 0.2) is 0 Å². The van der Waals surface area contributed by atoms with Gasteiger partial charge in [-0.2, -0.15) is 0 Å². The van der Waals surface area contributed by atoms with E-state index in [0.717, 1.165) is 16.6 Å². The van der Waals surface area contributed by atoms with Gasteiger partial charge in [-0.3, -0.25) is 4.98 Å². The third kappa shape index (κ3) is 2.15. The van der Waals surface area contributed by atoms with E-state index in [2.05, 4.69) is 27.8 Å². The lowest BCUT2D eigenvalue weighted by Crippen LogP contribution is -2.32. The van der Waals surface area contributed by atoms with Crippen molar-refractivity contribution in [2.24, 2.45) is 11.1 Å². The summed E-state index contributed by atoms with van der Waals surface area (Å²) >= 11 is 3.37. The number of aromatic nitrogens is 1. The summed E-state index contributed by atoms with van der Waals surface area (Å²) in [4.78, 5) is 4.33. The van der Waals surface area contributed by atoms with Gasteiger partial charge in [-0.1, -0.05) is 6.92 Å². The maximum Gasteiger partial charge on any atom is 0.0420 e. The Morgan fingerprint density at radius 1 is 1.57 bits per heavy atom. The van der Waals surface area contributed by atoms with Crippen molar-refractivity contribution in [3.8, 4) is 0 Å². The summed E-state index contributed by atoms with van der Waals surface area (Å²) in [6.45, 7) is 2.26. The van der Waals surface area contributed by atoms with E-state index < -0.39 is 0 Å². The molecule has 1 heterocycles. The molecule has 0 spiro atoms.